The smallest absolute Gasteiger partial charge is 0.140 e. The van der Waals surface area contributed by atoms with Gasteiger partial charge in [0.1, 0.15) is 11.8 Å². The van der Waals surface area contributed by atoms with E-state index >= 15 is 0 Å². The third-order valence-electron chi connectivity index (χ3n) is 2.78. The summed E-state index contributed by atoms with van der Waals surface area (Å²) in [6, 6.07) is 13.4. The average molecular weight is 253 g/mol. The minimum atomic E-state index is 0.411. The molecule has 19 heavy (non-hydrogen) atoms. The number of nitrogens with zero attached hydrogens (tertiary/aromatic N) is 2. The molecule has 2 rings (SSSR count). The molecule has 0 unspecified atom stereocenters. The Bertz CT molecular complexity index is 590. The van der Waals surface area contributed by atoms with E-state index in [1.807, 2.05) is 36.4 Å². The number of nitrogens with two attached hydrogens (primary N) is 1. The molecule has 2 N–H and O–H groups in total. The molecule has 0 aliphatic heterocycles. The summed E-state index contributed by atoms with van der Waals surface area (Å²) >= 11 is 0. The summed E-state index contributed by atoms with van der Waals surface area (Å²) in [6.45, 7) is 1.07. The number of nitrogen functional groups attached to an aromatic ring is 1. The van der Waals surface area contributed by atoms with E-state index in [0.717, 1.165) is 23.2 Å². The van der Waals surface area contributed by atoms with Gasteiger partial charge in [0, 0.05) is 11.9 Å². The van der Waals surface area contributed by atoms with E-state index in [0.29, 0.717) is 18.9 Å². The van der Waals surface area contributed by atoms with Crippen molar-refractivity contribution >= 4 is 5.69 Å². The molecule has 0 bridgehead atoms. The van der Waals surface area contributed by atoms with Crippen LogP contribution in [-0.4, -0.2) is 11.6 Å². The highest BCUT2D eigenvalue weighted by molar-refractivity contribution is 5.46. The van der Waals surface area contributed by atoms with Crippen LogP contribution in [-0.2, 0) is 17.8 Å². The largest absolute Gasteiger partial charge is 0.399 e. The first kappa shape index (κ1) is 13.1. The Balaban J connectivity index is 1.81. The number of benzene rings is 1. The molecule has 0 aliphatic rings. The van der Waals surface area contributed by atoms with E-state index in [1.165, 1.54) is 0 Å². The molecule has 0 amide bonds. The topological polar surface area (TPSA) is 71.9 Å². The van der Waals surface area contributed by atoms with Crippen molar-refractivity contribution in [2.75, 3.05) is 12.3 Å². The number of aromatic nitrogens is 1. The zero-order valence-corrected chi connectivity index (χ0v) is 10.5. The molecule has 1 aromatic carbocycles. The molecule has 0 aliphatic carbocycles. The van der Waals surface area contributed by atoms with Crippen LogP contribution in [0.25, 0.3) is 0 Å². The molecule has 0 saturated carbocycles. The lowest BCUT2D eigenvalue weighted by Crippen LogP contribution is -2.02. The highest BCUT2D eigenvalue weighted by Crippen LogP contribution is 2.11. The van der Waals surface area contributed by atoms with E-state index in [2.05, 4.69) is 4.98 Å². The first-order valence-corrected chi connectivity index (χ1v) is 6.06. The molecule has 0 fully saturated rings. The Morgan fingerprint density at radius 1 is 1.26 bits per heavy atom. The van der Waals surface area contributed by atoms with E-state index in [1.54, 1.807) is 12.3 Å². The first-order valence-electron chi connectivity index (χ1n) is 6.06. The summed E-state index contributed by atoms with van der Waals surface area (Å²) in [7, 11) is 0. The quantitative estimate of drug-likeness (QED) is 0.655. The summed E-state index contributed by atoms with van der Waals surface area (Å²) in [6.07, 6.45) is 2.40. The molecule has 0 spiro atoms. The maximum atomic E-state index is 8.75. The fourth-order valence-corrected chi connectivity index (χ4v) is 1.76. The summed E-state index contributed by atoms with van der Waals surface area (Å²) in [5.41, 5.74) is 9.10. The van der Waals surface area contributed by atoms with Crippen LogP contribution in [0.2, 0.25) is 0 Å². The highest BCUT2D eigenvalue weighted by Gasteiger charge is 1.99. The van der Waals surface area contributed by atoms with Crippen molar-refractivity contribution in [3.63, 3.8) is 0 Å². The molecule has 0 atom stereocenters. The SMILES string of the molecule is N#Cc1cc(COCCc2ccccc2N)ccn1. The number of ether oxygens (including phenoxy) is 1. The van der Waals surface area contributed by atoms with Crippen LogP contribution in [0.15, 0.2) is 42.6 Å². The first-order chi connectivity index (χ1) is 9.29. The second-order valence-corrected chi connectivity index (χ2v) is 4.16. The van der Waals surface area contributed by atoms with Crippen molar-refractivity contribution in [1.29, 1.82) is 5.26 Å². The van der Waals surface area contributed by atoms with Gasteiger partial charge in [0.15, 0.2) is 0 Å². The van der Waals surface area contributed by atoms with Gasteiger partial charge in [-0.2, -0.15) is 5.26 Å². The Labute approximate surface area is 112 Å². The molecule has 2 aromatic rings. The van der Waals surface area contributed by atoms with Crippen molar-refractivity contribution in [2.45, 2.75) is 13.0 Å². The van der Waals surface area contributed by atoms with Gasteiger partial charge >= 0.3 is 0 Å². The van der Waals surface area contributed by atoms with E-state index in [-0.39, 0.29) is 0 Å². The Hall–Kier alpha value is -2.38. The van der Waals surface area contributed by atoms with Gasteiger partial charge < -0.3 is 10.5 Å². The Kier molecular flexibility index (Phi) is 4.49. The van der Waals surface area contributed by atoms with Crippen LogP contribution < -0.4 is 5.73 Å². The monoisotopic (exact) mass is 253 g/mol. The molecule has 1 aromatic heterocycles. The second kappa shape index (κ2) is 6.53. The number of rotatable bonds is 5. The molecule has 0 radical (unpaired) electrons. The maximum Gasteiger partial charge on any atom is 0.140 e. The zero-order chi connectivity index (χ0) is 13.5. The summed E-state index contributed by atoms with van der Waals surface area (Å²) in [4.78, 5) is 3.91. The van der Waals surface area contributed by atoms with E-state index in [4.69, 9.17) is 15.7 Å². The van der Waals surface area contributed by atoms with Crippen molar-refractivity contribution in [1.82, 2.24) is 4.98 Å². The average Bonchev–Trinajstić information content (AvgIpc) is 2.45. The fourth-order valence-electron chi connectivity index (χ4n) is 1.76. The molecular weight excluding hydrogens is 238 g/mol. The molecule has 4 nitrogen and oxygen atoms in total. The van der Waals surface area contributed by atoms with Crippen molar-refractivity contribution < 1.29 is 4.74 Å². The number of hydrogen-bond acceptors (Lipinski definition) is 4. The van der Waals surface area contributed by atoms with Crippen molar-refractivity contribution in [2.24, 2.45) is 0 Å². The van der Waals surface area contributed by atoms with Crippen LogP contribution in [0.4, 0.5) is 5.69 Å². The van der Waals surface area contributed by atoms with Crippen LogP contribution in [0, 0.1) is 11.3 Å². The van der Waals surface area contributed by atoms with Gasteiger partial charge in [-0.1, -0.05) is 18.2 Å². The van der Waals surface area contributed by atoms with E-state index < -0.39 is 0 Å². The predicted molar refractivity (Wildman–Crippen MR) is 73.2 cm³/mol. The maximum absolute atomic E-state index is 8.75. The minimum absolute atomic E-state index is 0.411. The second-order valence-electron chi connectivity index (χ2n) is 4.16. The minimum Gasteiger partial charge on any atom is -0.399 e. The van der Waals surface area contributed by atoms with Gasteiger partial charge in [-0.05, 0) is 35.7 Å². The molecule has 1 heterocycles. The Morgan fingerprint density at radius 3 is 2.89 bits per heavy atom. The summed E-state index contributed by atoms with van der Waals surface area (Å²) in [5, 5.41) is 8.75. The normalized spacial score (nSPS) is 10.1. The molecular formula is C15H15N3O. The van der Waals surface area contributed by atoms with Crippen molar-refractivity contribution in [3.05, 3.63) is 59.4 Å². The third kappa shape index (κ3) is 3.80. The summed E-state index contributed by atoms with van der Waals surface area (Å²) < 4.78 is 5.59. The lowest BCUT2D eigenvalue weighted by molar-refractivity contribution is 0.124. The lowest BCUT2D eigenvalue weighted by atomic mass is 10.1. The van der Waals surface area contributed by atoms with Gasteiger partial charge in [-0.3, -0.25) is 0 Å². The third-order valence-corrected chi connectivity index (χ3v) is 2.78. The number of hydrogen-bond donors (Lipinski definition) is 1. The van der Waals surface area contributed by atoms with E-state index in [9.17, 15) is 0 Å². The zero-order valence-electron chi connectivity index (χ0n) is 10.5. The predicted octanol–water partition coefficient (Wildman–Crippen LogP) is 2.29. The van der Waals surface area contributed by atoms with Crippen molar-refractivity contribution in [3.8, 4) is 6.07 Å². The van der Waals surface area contributed by atoms with Gasteiger partial charge in [0.2, 0.25) is 0 Å². The summed E-state index contributed by atoms with van der Waals surface area (Å²) in [5.74, 6) is 0. The van der Waals surface area contributed by atoms with Crippen LogP contribution >= 0.6 is 0 Å². The van der Waals surface area contributed by atoms with Gasteiger partial charge in [-0.25, -0.2) is 4.98 Å². The fraction of sp³-hybridized carbons (Fsp3) is 0.200. The van der Waals surface area contributed by atoms with Gasteiger partial charge in [0.05, 0.1) is 13.2 Å². The lowest BCUT2D eigenvalue weighted by Gasteiger charge is -2.06. The Morgan fingerprint density at radius 2 is 2.11 bits per heavy atom. The number of anilines is 1. The number of nitriles is 1. The van der Waals surface area contributed by atoms with Crippen LogP contribution in [0.1, 0.15) is 16.8 Å². The standard InChI is InChI=1S/C15H15N3O/c16-10-14-9-12(5-7-18-14)11-19-8-6-13-3-1-2-4-15(13)17/h1-5,7,9H,6,8,11,17H2. The molecule has 96 valence electrons. The van der Waals surface area contributed by atoms with Crippen LogP contribution in [0.3, 0.4) is 0 Å². The van der Waals surface area contributed by atoms with Crippen LogP contribution in [0.5, 0.6) is 0 Å². The number of para-hydroxylation sites is 1. The molecule has 4 heteroatoms. The van der Waals surface area contributed by atoms with Gasteiger partial charge in [-0.15, -0.1) is 0 Å². The highest BCUT2D eigenvalue weighted by atomic mass is 16.5. The van der Waals surface area contributed by atoms with Gasteiger partial charge in [0.25, 0.3) is 0 Å². The number of pyridine rings is 1. The molecule has 0 saturated heterocycles.